The van der Waals surface area contributed by atoms with E-state index in [1.165, 1.54) is 0 Å². The third-order valence-corrected chi connectivity index (χ3v) is 4.42. The fourth-order valence-electron chi connectivity index (χ4n) is 2.73. The molecule has 28 heavy (non-hydrogen) atoms. The Balaban J connectivity index is 1.62. The Bertz CT molecular complexity index is 900. The molecule has 144 valence electrons. The van der Waals surface area contributed by atoms with Crippen LogP contribution in [-0.4, -0.2) is 19.1 Å². The number of para-hydroxylation sites is 1. The van der Waals surface area contributed by atoms with Crippen LogP contribution in [-0.2, 0) is 0 Å². The Morgan fingerprint density at radius 3 is 2.29 bits per heavy atom. The Kier molecular flexibility index (Phi) is 6.93. The number of rotatable bonds is 8. The van der Waals surface area contributed by atoms with Crippen molar-refractivity contribution in [1.29, 1.82) is 0 Å². The largest absolute Gasteiger partial charge is 0.490 e. The summed E-state index contributed by atoms with van der Waals surface area (Å²) < 4.78 is 11.4. The van der Waals surface area contributed by atoms with E-state index in [4.69, 9.17) is 21.1 Å². The average molecular weight is 396 g/mol. The average Bonchev–Trinajstić information content (AvgIpc) is 2.73. The number of benzene rings is 3. The number of hydrogen-bond acceptors (Lipinski definition) is 3. The summed E-state index contributed by atoms with van der Waals surface area (Å²) >= 11 is 6.10. The van der Waals surface area contributed by atoms with Gasteiger partial charge in [0.05, 0.1) is 11.6 Å². The van der Waals surface area contributed by atoms with Crippen LogP contribution in [0.15, 0.2) is 78.9 Å². The van der Waals surface area contributed by atoms with Crippen LogP contribution in [0.5, 0.6) is 11.5 Å². The van der Waals surface area contributed by atoms with Gasteiger partial charge < -0.3 is 14.8 Å². The maximum absolute atomic E-state index is 12.8. The summed E-state index contributed by atoms with van der Waals surface area (Å²) in [4.78, 5) is 12.8. The standard InChI is InChI=1S/C23H22ClNO3/c1-17(18-8-4-2-5-9-18)25-23(26)21-16-19(24)12-13-22(21)28-15-14-27-20-10-6-3-7-11-20/h2-13,16-17H,14-15H2,1H3,(H,25,26)/t17-/m0/s1. The molecule has 0 aliphatic carbocycles. The first-order chi connectivity index (χ1) is 13.6. The summed E-state index contributed by atoms with van der Waals surface area (Å²) in [7, 11) is 0. The molecule has 1 N–H and O–H groups in total. The number of carbonyl (C=O) groups is 1. The molecule has 1 amide bonds. The van der Waals surface area contributed by atoms with Crippen molar-refractivity contribution in [1.82, 2.24) is 5.32 Å². The molecular weight excluding hydrogens is 374 g/mol. The summed E-state index contributed by atoms with van der Waals surface area (Å²) in [6.45, 7) is 2.62. The van der Waals surface area contributed by atoms with Gasteiger partial charge in [0.15, 0.2) is 0 Å². The number of nitrogens with one attached hydrogen (secondary N) is 1. The zero-order valence-electron chi connectivity index (χ0n) is 15.6. The molecule has 3 aromatic rings. The molecule has 1 atom stereocenters. The van der Waals surface area contributed by atoms with Gasteiger partial charge in [0, 0.05) is 5.02 Å². The van der Waals surface area contributed by atoms with Gasteiger partial charge in [-0.25, -0.2) is 0 Å². The molecule has 0 heterocycles. The number of halogens is 1. The minimum Gasteiger partial charge on any atom is -0.490 e. The lowest BCUT2D eigenvalue weighted by Crippen LogP contribution is -2.27. The molecule has 0 fully saturated rings. The van der Waals surface area contributed by atoms with E-state index < -0.39 is 0 Å². The zero-order valence-corrected chi connectivity index (χ0v) is 16.4. The fraction of sp³-hybridized carbons (Fsp3) is 0.174. The van der Waals surface area contributed by atoms with Gasteiger partial charge in [-0.3, -0.25) is 4.79 Å². The lowest BCUT2D eigenvalue weighted by atomic mass is 10.1. The molecule has 0 aromatic heterocycles. The van der Waals surface area contributed by atoms with Crippen LogP contribution in [0.2, 0.25) is 5.02 Å². The number of amides is 1. The van der Waals surface area contributed by atoms with E-state index in [1.807, 2.05) is 67.6 Å². The van der Waals surface area contributed by atoms with E-state index in [-0.39, 0.29) is 11.9 Å². The second kappa shape index (κ2) is 9.81. The van der Waals surface area contributed by atoms with Crippen LogP contribution in [0.3, 0.4) is 0 Å². The molecule has 5 heteroatoms. The highest BCUT2D eigenvalue weighted by molar-refractivity contribution is 6.31. The number of carbonyl (C=O) groups excluding carboxylic acids is 1. The molecule has 3 aromatic carbocycles. The van der Waals surface area contributed by atoms with Crippen LogP contribution in [0.25, 0.3) is 0 Å². The predicted octanol–water partition coefficient (Wildman–Crippen LogP) is 5.29. The Morgan fingerprint density at radius 2 is 1.57 bits per heavy atom. The van der Waals surface area contributed by atoms with E-state index in [0.29, 0.717) is 29.5 Å². The molecule has 0 saturated carbocycles. The van der Waals surface area contributed by atoms with Crippen molar-refractivity contribution in [2.45, 2.75) is 13.0 Å². The van der Waals surface area contributed by atoms with Gasteiger partial charge >= 0.3 is 0 Å². The number of ether oxygens (including phenoxy) is 2. The van der Waals surface area contributed by atoms with E-state index in [9.17, 15) is 4.79 Å². The quantitative estimate of drug-likeness (QED) is 0.527. The van der Waals surface area contributed by atoms with Gasteiger partial charge in [-0.2, -0.15) is 0 Å². The van der Waals surface area contributed by atoms with Crippen LogP contribution >= 0.6 is 11.6 Å². The lowest BCUT2D eigenvalue weighted by molar-refractivity contribution is 0.0934. The van der Waals surface area contributed by atoms with Crippen LogP contribution in [0.1, 0.15) is 28.9 Å². The third-order valence-electron chi connectivity index (χ3n) is 4.19. The van der Waals surface area contributed by atoms with E-state index in [2.05, 4.69) is 5.32 Å². The van der Waals surface area contributed by atoms with Crippen molar-refractivity contribution < 1.29 is 14.3 Å². The highest BCUT2D eigenvalue weighted by Crippen LogP contribution is 2.24. The Labute approximate surface area is 170 Å². The smallest absolute Gasteiger partial charge is 0.255 e. The minimum absolute atomic E-state index is 0.137. The molecule has 4 nitrogen and oxygen atoms in total. The second-order valence-corrected chi connectivity index (χ2v) is 6.69. The SMILES string of the molecule is C[C@H](NC(=O)c1cc(Cl)ccc1OCCOc1ccccc1)c1ccccc1. The molecule has 0 unspecified atom stereocenters. The first-order valence-electron chi connectivity index (χ1n) is 9.09. The summed E-state index contributed by atoms with van der Waals surface area (Å²) in [5, 5.41) is 3.46. The van der Waals surface area contributed by atoms with Gasteiger partial charge in [0.1, 0.15) is 24.7 Å². The van der Waals surface area contributed by atoms with E-state index >= 15 is 0 Å². The first kappa shape index (κ1) is 19.8. The van der Waals surface area contributed by atoms with Gasteiger partial charge in [0.25, 0.3) is 5.91 Å². The van der Waals surface area contributed by atoms with Crippen molar-refractivity contribution in [3.63, 3.8) is 0 Å². The van der Waals surface area contributed by atoms with E-state index in [1.54, 1.807) is 18.2 Å². The van der Waals surface area contributed by atoms with Crippen LogP contribution < -0.4 is 14.8 Å². The Morgan fingerprint density at radius 1 is 0.929 bits per heavy atom. The molecule has 3 rings (SSSR count). The third kappa shape index (κ3) is 5.51. The van der Waals surface area contributed by atoms with Gasteiger partial charge in [0.2, 0.25) is 0 Å². The Hall–Kier alpha value is -2.98. The van der Waals surface area contributed by atoms with Crippen molar-refractivity contribution in [2.75, 3.05) is 13.2 Å². The lowest BCUT2D eigenvalue weighted by Gasteiger charge is -2.17. The van der Waals surface area contributed by atoms with Crippen molar-refractivity contribution >= 4 is 17.5 Å². The molecule has 0 aliphatic heterocycles. The summed E-state index contributed by atoms with van der Waals surface area (Å²) in [5.41, 5.74) is 1.42. The van der Waals surface area contributed by atoms with Crippen LogP contribution in [0, 0.1) is 0 Å². The predicted molar refractivity (Wildman–Crippen MR) is 111 cm³/mol. The maximum atomic E-state index is 12.8. The summed E-state index contributed by atoms with van der Waals surface area (Å²) in [5.74, 6) is 1.01. The first-order valence-corrected chi connectivity index (χ1v) is 9.47. The zero-order chi connectivity index (χ0) is 19.8. The molecule has 0 bridgehead atoms. The van der Waals surface area contributed by atoms with Crippen molar-refractivity contribution in [3.05, 3.63) is 95.0 Å². The van der Waals surface area contributed by atoms with Gasteiger partial charge in [-0.1, -0.05) is 60.1 Å². The van der Waals surface area contributed by atoms with Crippen molar-refractivity contribution in [3.8, 4) is 11.5 Å². The molecule has 0 saturated heterocycles. The summed E-state index contributed by atoms with van der Waals surface area (Å²) in [6.07, 6.45) is 0. The van der Waals surface area contributed by atoms with Crippen LogP contribution in [0.4, 0.5) is 0 Å². The second-order valence-electron chi connectivity index (χ2n) is 6.26. The number of hydrogen-bond donors (Lipinski definition) is 1. The normalized spacial score (nSPS) is 11.5. The molecule has 0 radical (unpaired) electrons. The molecule has 0 spiro atoms. The summed E-state index contributed by atoms with van der Waals surface area (Å²) in [6, 6.07) is 24.2. The van der Waals surface area contributed by atoms with Crippen molar-refractivity contribution in [2.24, 2.45) is 0 Å². The minimum atomic E-state index is -0.238. The van der Waals surface area contributed by atoms with E-state index in [0.717, 1.165) is 11.3 Å². The van der Waals surface area contributed by atoms with Gasteiger partial charge in [-0.05, 0) is 42.8 Å². The molecular formula is C23H22ClNO3. The van der Waals surface area contributed by atoms with Gasteiger partial charge in [-0.15, -0.1) is 0 Å². The topological polar surface area (TPSA) is 47.6 Å². The fourth-order valence-corrected chi connectivity index (χ4v) is 2.90. The molecule has 0 aliphatic rings. The highest BCUT2D eigenvalue weighted by Gasteiger charge is 2.16. The monoisotopic (exact) mass is 395 g/mol. The maximum Gasteiger partial charge on any atom is 0.255 e. The highest BCUT2D eigenvalue weighted by atomic mass is 35.5.